The second-order valence-electron chi connectivity index (χ2n) is 6.58. The molecule has 5 heteroatoms. The quantitative estimate of drug-likeness (QED) is 0.566. The molecule has 1 aromatic heterocycles. The van der Waals surface area contributed by atoms with Crippen molar-refractivity contribution in [2.24, 2.45) is 0 Å². The van der Waals surface area contributed by atoms with Crippen molar-refractivity contribution in [2.75, 3.05) is 19.1 Å². The van der Waals surface area contributed by atoms with Gasteiger partial charge in [-0.3, -0.25) is 4.79 Å². The Morgan fingerprint density at radius 3 is 2.39 bits per heavy atom. The zero-order chi connectivity index (χ0) is 19.9. The minimum absolute atomic E-state index is 0.0371. The zero-order valence-electron chi connectivity index (χ0n) is 16.5. The van der Waals surface area contributed by atoms with E-state index in [1.54, 1.807) is 25.4 Å². The number of methoxy groups -OCH3 is 2. The van der Waals surface area contributed by atoms with E-state index in [1.807, 2.05) is 61.5 Å². The molecule has 0 aliphatic rings. The summed E-state index contributed by atoms with van der Waals surface area (Å²) in [4.78, 5) is 14.8. The van der Waals surface area contributed by atoms with Gasteiger partial charge in [-0.2, -0.15) is 0 Å². The van der Waals surface area contributed by atoms with E-state index in [-0.39, 0.29) is 5.91 Å². The summed E-state index contributed by atoms with van der Waals surface area (Å²) < 4.78 is 16.1. The predicted octanol–water partition coefficient (Wildman–Crippen LogP) is 4.77. The van der Waals surface area contributed by atoms with Crippen molar-refractivity contribution < 1.29 is 18.7 Å². The number of hydrogen-bond donors (Lipinski definition) is 0. The number of furan rings is 1. The van der Waals surface area contributed by atoms with Gasteiger partial charge in [0, 0.05) is 12.1 Å². The number of anilines is 1. The number of carbonyl (C=O) groups excluding carboxylic acids is 1. The van der Waals surface area contributed by atoms with Crippen molar-refractivity contribution in [3.05, 3.63) is 77.7 Å². The first-order valence-electron chi connectivity index (χ1n) is 9.21. The topological polar surface area (TPSA) is 51.9 Å². The maximum atomic E-state index is 13.0. The van der Waals surface area contributed by atoms with Gasteiger partial charge < -0.3 is 18.8 Å². The molecular weight excluding hydrogens is 354 g/mol. The molecule has 0 saturated carbocycles. The van der Waals surface area contributed by atoms with E-state index < -0.39 is 0 Å². The van der Waals surface area contributed by atoms with Crippen LogP contribution in [0.4, 0.5) is 5.69 Å². The van der Waals surface area contributed by atoms with Crippen LogP contribution in [0.25, 0.3) is 0 Å². The predicted molar refractivity (Wildman–Crippen MR) is 109 cm³/mol. The summed E-state index contributed by atoms with van der Waals surface area (Å²) in [7, 11) is 3.21. The van der Waals surface area contributed by atoms with Crippen molar-refractivity contribution in [1.29, 1.82) is 0 Å². The van der Waals surface area contributed by atoms with Crippen molar-refractivity contribution in [3.63, 3.8) is 0 Å². The second kappa shape index (κ2) is 9.13. The Kier molecular flexibility index (Phi) is 6.37. The molecule has 0 aliphatic heterocycles. The van der Waals surface area contributed by atoms with Crippen molar-refractivity contribution in [2.45, 2.75) is 26.3 Å². The number of benzene rings is 2. The van der Waals surface area contributed by atoms with Crippen molar-refractivity contribution >= 4 is 11.6 Å². The number of amides is 1. The number of hydrogen-bond acceptors (Lipinski definition) is 4. The Morgan fingerprint density at radius 1 is 1.00 bits per heavy atom. The van der Waals surface area contributed by atoms with E-state index in [1.165, 1.54) is 0 Å². The number of rotatable bonds is 8. The summed E-state index contributed by atoms with van der Waals surface area (Å²) in [6, 6.07) is 17.4. The number of ether oxygens (including phenoxy) is 2. The van der Waals surface area contributed by atoms with Gasteiger partial charge in [0.25, 0.3) is 0 Å². The van der Waals surface area contributed by atoms with Gasteiger partial charge in [-0.1, -0.05) is 23.8 Å². The molecule has 146 valence electrons. The molecule has 0 spiro atoms. The van der Waals surface area contributed by atoms with Gasteiger partial charge in [0.05, 0.1) is 27.0 Å². The van der Waals surface area contributed by atoms with Crippen LogP contribution < -0.4 is 14.4 Å². The maximum Gasteiger partial charge on any atom is 0.227 e. The summed E-state index contributed by atoms with van der Waals surface area (Å²) in [6.45, 7) is 2.43. The van der Waals surface area contributed by atoms with Crippen LogP contribution in [0.15, 0.2) is 65.3 Å². The average Bonchev–Trinajstić information content (AvgIpc) is 3.24. The molecule has 1 amide bonds. The first-order valence-corrected chi connectivity index (χ1v) is 9.21. The molecule has 3 rings (SSSR count). The fourth-order valence-electron chi connectivity index (χ4n) is 3.03. The lowest BCUT2D eigenvalue weighted by molar-refractivity contribution is -0.118. The second-order valence-corrected chi connectivity index (χ2v) is 6.58. The van der Waals surface area contributed by atoms with Crippen LogP contribution in [0.2, 0.25) is 0 Å². The Labute approximate surface area is 165 Å². The molecule has 0 atom stereocenters. The summed E-state index contributed by atoms with van der Waals surface area (Å²) in [6.07, 6.45) is 2.61. The smallest absolute Gasteiger partial charge is 0.227 e. The highest BCUT2D eigenvalue weighted by Crippen LogP contribution is 2.28. The number of nitrogens with zero attached hydrogens (tertiary/aromatic N) is 1. The van der Waals surface area contributed by atoms with Gasteiger partial charge >= 0.3 is 0 Å². The third kappa shape index (κ3) is 4.74. The minimum Gasteiger partial charge on any atom is -0.493 e. The van der Waals surface area contributed by atoms with E-state index in [4.69, 9.17) is 13.9 Å². The summed E-state index contributed by atoms with van der Waals surface area (Å²) in [5.74, 6) is 2.13. The summed E-state index contributed by atoms with van der Waals surface area (Å²) >= 11 is 0. The molecule has 3 aromatic rings. The fourth-order valence-corrected chi connectivity index (χ4v) is 3.03. The van der Waals surface area contributed by atoms with Crippen LogP contribution in [-0.2, 0) is 17.8 Å². The number of aryl methyl sites for hydroxylation is 2. The largest absolute Gasteiger partial charge is 0.493 e. The molecule has 2 aromatic carbocycles. The highest BCUT2D eigenvalue weighted by molar-refractivity contribution is 5.93. The normalized spacial score (nSPS) is 10.5. The lowest BCUT2D eigenvalue weighted by atomic mass is 10.1. The monoisotopic (exact) mass is 379 g/mol. The molecule has 0 aliphatic carbocycles. The highest BCUT2D eigenvalue weighted by atomic mass is 16.5. The van der Waals surface area contributed by atoms with Gasteiger partial charge in [-0.15, -0.1) is 0 Å². The van der Waals surface area contributed by atoms with Crippen molar-refractivity contribution in [3.8, 4) is 11.5 Å². The molecule has 0 unspecified atom stereocenters. The lowest BCUT2D eigenvalue weighted by Crippen LogP contribution is -2.30. The van der Waals surface area contributed by atoms with Gasteiger partial charge in [0.2, 0.25) is 5.91 Å². The third-order valence-electron chi connectivity index (χ3n) is 4.62. The molecule has 5 nitrogen and oxygen atoms in total. The molecule has 0 bridgehead atoms. The van der Waals surface area contributed by atoms with Crippen LogP contribution >= 0.6 is 0 Å². The molecule has 28 heavy (non-hydrogen) atoms. The third-order valence-corrected chi connectivity index (χ3v) is 4.62. The highest BCUT2D eigenvalue weighted by Gasteiger charge is 2.18. The molecule has 0 radical (unpaired) electrons. The molecular formula is C23H25NO4. The minimum atomic E-state index is 0.0371. The first kappa shape index (κ1) is 19.5. The lowest BCUT2D eigenvalue weighted by Gasteiger charge is -2.22. The van der Waals surface area contributed by atoms with E-state index in [9.17, 15) is 4.79 Å². The van der Waals surface area contributed by atoms with Gasteiger partial charge in [-0.05, 0) is 55.3 Å². The van der Waals surface area contributed by atoms with E-state index in [2.05, 4.69) is 0 Å². The van der Waals surface area contributed by atoms with Gasteiger partial charge in [0.1, 0.15) is 5.76 Å². The summed E-state index contributed by atoms with van der Waals surface area (Å²) in [5, 5.41) is 0. The van der Waals surface area contributed by atoms with Crippen LogP contribution in [0, 0.1) is 6.92 Å². The zero-order valence-corrected chi connectivity index (χ0v) is 16.5. The van der Waals surface area contributed by atoms with Crippen molar-refractivity contribution in [1.82, 2.24) is 0 Å². The van der Waals surface area contributed by atoms with E-state index in [0.717, 1.165) is 22.6 Å². The Balaban J connectivity index is 1.74. The molecule has 0 fully saturated rings. The standard InChI is InChI=1S/C23H25NO4/c1-17-6-10-19(11-7-17)24(16-20-5-4-14-28-20)23(25)13-9-18-8-12-21(26-2)22(15-18)27-3/h4-8,10-12,14-15H,9,13,16H2,1-3H3. The van der Waals surface area contributed by atoms with Gasteiger partial charge in [0.15, 0.2) is 11.5 Å². The van der Waals surface area contributed by atoms with Gasteiger partial charge in [-0.25, -0.2) is 0 Å². The Bertz CT molecular complexity index is 901. The van der Waals surface area contributed by atoms with E-state index in [0.29, 0.717) is 30.9 Å². The fraction of sp³-hybridized carbons (Fsp3) is 0.261. The number of carbonyl (C=O) groups is 1. The Hall–Kier alpha value is -3.21. The van der Waals surface area contributed by atoms with Crippen LogP contribution in [0.5, 0.6) is 11.5 Å². The SMILES string of the molecule is COc1ccc(CCC(=O)N(Cc2ccco2)c2ccc(C)cc2)cc1OC. The average molecular weight is 379 g/mol. The first-order chi connectivity index (χ1) is 13.6. The van der Waals surface area contributed by atoms with Crippen LogP contribution in [0.1, 0.15) is 23.3 Å². The van der Waals surface area contributed by atoms with Crippen LogP contribution in [-0.4, -0.2) is 20.1 Å². The maximum absolute atomic E-state index is 13.0. The van der Waals surface area contributed by atoms with Crippen LogP contribution in [0.3, 0.4) is 0 Å². The van der Waals surface area contributed by atoms with E-state index >= 15 is 0 Å². The summed E-state index contributed by atoms with van der Waals surface area (Å²) in [5.41, 5.74) is 3.03. The molecule has 1 heterocycles. The molecule has 0 N–H and O–H groups in total. The molecule has 0 saturated heterocycles. The Morgan fingerprint density at radius 2 is 1.75 bits per heavy atom.